The number of aromatic nitrogens is 1. The summed E-state index contributed by atoms with van der Waals surface area (Å²) < 4.78 is 37.6. The van der Waals surface area contributed by atoms with Crippen LogP contribution in [0.1, 0.15) is 23.5 Å². The minimum Gasteiger partial charge on any atom is -0.369 e. The van der Waals surface area contributed by atoms with Gasteiger partial charge in [0.15, 0.2) is 11.7 Å². The SMILES string of the molecule is CN=C(NCCc1nc(C(F)(F)F)cs1)NC1CCN(CC(N)=O)CC1.I. The molecular weight excluding hydrogens is 496 g/mol. The number of nitrogens with one attached hydrogen (secondary N) is 2. The first-order valence-electron chi connectivity index (χ1n) is 8.27. The molecule has 1 aliphatic rings. The Labute approximate surface area is 177 Å². The Morgan fingerprint density at radius 1 is 1.44 bits per heavy atom. The molecule has 0 spiro atoms. The molecule has 1 aromatic rings. The van der Waals surface area contributed by atoms with Crippen molar-refractivity contribution in [3.05, 3.63) is 16.1 Å². The predicted molar refractivity (Wildman–Crippen MR) is 109 cm³/mol. The highest BCUT2D eigenvalue weighted by atomic mass is 127. The van der Waals surface area contributed by atoms with Crippen molar-refractivity contribution in [1.82, 2.24) is 20.5 Å². The molecule has 1 saturated heterocycles. The second-order valence-electron chi connectivity index (χ2n) is 6.03. The zero-order valence-electron chi connectivity index (χ0n) is 14.9. The van der Waals surface area contributed by atoms with Crippen LogP contribution in [0.3, 0.4) is 0 Å². The van der Waals surface area contributed by atoms with Crippen molar-refractivity contribution in [3.63, 3.8) is 0 Å². The fourth-order valence-corrected chi connectivity index (χ4v) is 3.49. The predicted octanol–water partition coefficient (Wildman–Crippen LogP) is 1.44. The van der Waals surface area contributed by atoms with Crippen molar-refractivity contribution in [1.29, 1.82) is 0 Å². The molecule has 1 fully saturated rings. The molecule has 0 atom stereocenters. The lowest BCUT2D eigenvalue weighted by Crippen LogP contribution is -2.50. The summed E-state index contributed by atoms with van der Waals surface area (Å²) in [6.45, 7) is 2.26. The molecule has 27 heavy (non-hydrogen) atoms. The zero-order valence-corrected chi connectivity index (χ0v) is 18.0. The topological polar surface area (TPSA) is 95.6 Å². The number of alkyl halides is 3. The van der Waals surface area contributed by atoms with Gasteiger partial charge in [-0.25, -0.2) is 4.98 Å². The molecule has 0 aliphatic carbocycles. The Morgan fingerprint density at radius 3 is 2.63 bits per heavy atom. The lowest BCUT2D eigenvalue weighted by atomic mass is 10.1. The minimum absolute atomic E-state index is 0. The summed E-state index contributed by atoms with van der Waals surface area (Å²) in [5.74, 6) is 0.274. The third-order valence-corrected chi connectivity index (χ3v) is 4.91. The van der Waals surface area contributed by atoms with E-state index in [1.165, 1.54) is 0 Å². The van der Waals surface area contributed by atoms with Crippen molar-refractivity contribution < 1.29 is 18.0 Å². The lowest BCUT2D eigenvalue weighted by Gasteiger charge is -2.32. The van der Waals surface area contributed by atoms with Crippen LogP contribution in [0.15, 0.2) is 10.4 Å². The van der Waals surface area contributed by atoms with E-state index in [4.69, 9.17) is 5.73 Å². The quantitative estimate of drug-likeness (QED) is 0.300. The van der Waals surface area contributed by atoms with Gasteiger partial charge >= 0.3 is 6.18 Å². The van der Waals surface area contributed by atoms with Crippen molar-refractivity contribution in [2.75, 3.05) is 33.2 Å². The fraction of sp³-hybridized carbons (Fsp3) is 0.667. The number of piperidine rings is 1. The van der Waals surface area contributed by atoms with Gasteiger partial charge in [0.25, 0.3) is 0 Å². The van der Waals surface area contributed by atoms with Crippen LogP contribution in [0, 0.1) is 0 Å². The van der Waals surface area contributed by atoms with E-state index >= 15 is 0 Å². The van der Waals surface area contributed by atoms with Crippen LogP contribution in [0.2, 0.25) is 0 Å². The monoisotopic (exact) mass is 520 g/mol. The number of amides is 1. The second kappa shape index (κ2) is 11.0. The zero-order chi connectivity index (χ0) is 19.2. The highest BCUT2D eigenvalue weighted by molar-refractivity contribution is 14.0. The summed E-state index contributed by atoms with van der Waals surface area (Å²) >= 11 is 1.00. The van der Waals surface area contributed by atoms with Crippen molar-refractivity contribution in [2.24, 2.45) is 10.7 Å². The largest absolute Gasteiger partial charge is 0.434 e. The molecular formula is C15H24F3IN6OS. The maximum absolute atomic E-state index is 12.5. The molecule has 1 amide bonds. The van der Waals surface area contributed by atoms with E-state index in [0.717, 1.165) is 42.6 Å². The van der Waals surface area contributed by atoms with E-state index in [9.17, 15) is 18.0 Å². The normalized spacial score (nSPS) is 16.7. The number of primary amides is 1. The summed E-state index contributed by atoms with van der Waals surface area (Å²) in [5.41, 5.74) is 4.35. The third kappa shape index (κ3) is 8.17. The Kier molecular flexibility index (Phi) is 9.73. The number of hydrogen-bond acceptors (Lipinski definition) is 5. The standard InChI is InChI=1S/C15H23F3N6OS.HI/c1-20-14(22-10-3-6-24(7-4-10)8-12(19)25)21-5-2-13-23-11(9-26-13)15(16,17)18;/h9-10H,2-8H2,1H3,(H2,19,25)(H2,20,21,22);1H. The first kappa shape index (κ1) is 23.9. The molecule has 0 unspecified atom stereocenters. The number of hydrogen-bond donors (Lipinski definition) is 3. The van der Waals surface area contributed by atoms with Gasteiger partial charge in [-0.1, -0.05) is 0 Å². The van der Waals surface area contributed by atoms with Gasteiger partial charge in [-0.05, 0) is 12.8 Å². The van der Waals surface area contributed by atoms with Gasteiger partial charge in [0.2, 0.25) is 5.91 Å². The Hall–Kier alpha value is -1.15. The molecule has 154 valence electrons. The average molecular weight is 520 g/mol. The van der Waals surface area contributed by atoms with Crippen LogP contribution in [0.25, 0.3) is 0 Å². The molecule has 4 N–H and O–H groups in total. The van der Waals surface area contributed by atoms with Gasteiger partial charge in [-0.3, -0.25) is 14.7 Å². The lowest BCUT2D eigenvalue weighted by molar-refractivity contribution is -0.140. The van der Waals surface area contributed by atoms with Gasteiger partial charge in [-0.15, -0.1) is 35.3 Å². The van der Waals surface area contributed by atoms with Crippen molar-refractivity contribution in [3.8, 4) is 0 Å². The maximum atomic E-state index is 12.5. The third-order valence-electron chi connectivity index (χ3n) is 4.00. The smallest absolute Gasteiger partial charge is 0.369 e. The number of likely N-dealkylation sites (tertiary alicyclic amines) is 1. The summed E-state index contributed by atoms with van der Waals surface area (Å²) in [7, 11) is 1.64. The van der Waals surface area contributed by atoms with E-state index in [1.54, 1.807) is 7.05 Å². The number of carbonyl (C=O) groups excluding carboxylic acids is 1. The molecule has 2 rings (SSSR count). The van der Waals surface area contributed by atoms with Gasteiger partial charge < -0.3 is 16.4 Å². The fourth-order valence-electron chi connectivity index (χ4n) is 2.69. The first-order valence-corrected chi connectivity index (χ1v) is 9.15. The van der Waals surface area contributed by atoms with Gasteiger partial charge in [0.1, 0.15) is 0 Å². The number of thiazole rings is 1. The highest BCUT2D eigenvalue weighted by Crippen LogP contribution is 2.29. The second-order valence-corrected chi connectivity index (χ2v) is 6.98. The van der Waals surface area contributed by atoms with Crippen LogP contribution in [0.5, 0.6) is 0 Å². The van der Waals surface area contributed by atoms with E-state index in [-0.39, 0.29) is 42.5 Å². The molecule has 2 heterocycles. The molecule has 0 saturated carbocycles. The molecule has 7 nitrogen and oxygen atoms in total. The summed E-state index contributed by atoms with van der Waals surface area (Å²) in [5, 5.41) is 7.85. The number of halogens is 4. The molecule has 1 aromatic heterocycles. The van der Waals surface area contributed by atoms with E-state index in [0.29, 0.717) is 23.9 Å². The number of guanidine groups is 1. The highest BCUT2D eigenvalue weighted by Gasteiger charge is 2.33. The number of aliphatic imine (C=N–C) groups is 1. The van der Waals surface area contributed by atoms with Crippen molar-refractivity contribution >= 4 is 47.2 Å². The van der Waals surface area contributed by atoms with E-state index < -0.39 is 11.9 Å². The Balaban J connectivity index is 0.00000364. The van der Waals surface area contributed by atoms with E-state index in [1.807, 2.05) is 4.90 Å². The van der Waals surface area contributed by atoms with Crippen LogP contribution in [0.4, 0.5) is 13.2 Å². The first-order chi connectivity index (χ1) is 12.3. The van der Waals surface area contributed by atoms with Crippen LogP contribution in [-0.2, 0) is 17.4 Å². The molecule has 0 aromatic carbocycles. The summed E-state index contributed by atoms with van der Waals surface area (Å²) in [6, 6.07) is 0.224. The number of rotatable bonds is 6. The maximum Gasteiger partial charge on any atom is 0.434 e. The summed E-state index contributed by atoms with van der Waals surface area (Å²) in [4.78, 5) is 20.7. The summed E-state index contributed by atoms with van der Waals surface area (Å²) in [6.07, 6.45) is -2.30. The molecule has 1 aliphatic heterocycles. The van der Waals surface area contributed by atoms with E-state index in [2.05, 4.69) is 20.6 Å². The van der Waals surface area contributed by atoms with Gasteiger partial charge in [0.05, 0.1) is 11.6 Å². The van der Waals surface area contributed by atoms with Gasteiger partial charge in [-0.2, -0.15) is 13.2 Å². The Morgan fingerprint density at radius 2 is 2.11 bits per heavy atom. The number of nitrogens with two attached hydrogens (primary N) is 1. The molecule has 0 radical (unpaired) electrons. The minimum atomic E-state index is -4.40. The molecule has 12 heteroatoms. The van der Waals surface area contributed by atoms with Crippen LogP contribution < -0.4 is 16.4 Å². The number of nitrogens with zero attached hydrogens (tertiary/aromatic N) is 3. The molecule has 0 bridgehead atoms. The number of carbonyl (C=O) groups is 1. The Bertz CT molecular complexity index is 631. The van der Waals surface area contributed by atoms with Gasteiger partial charge in [0, 0.05) is 44.5 Å². The van der Waals surface area contributed by atoms with Crippen LogP contribution in [-0.4, -0.2) is 61.0 Å². The average Bonchev–Trinajstić information content (AvgIpc) is 3.04. The van der Waals surface area contributed by atoms with Crippen LogP contribution >= 0.6 is 35.3 Å². The van der Waals surface area contributed by atoms with Crippen molar-refractivity contribution in [2.45, 2.75) is 31.5 Å².